The normalized spacial score (nSPS) is 16.1. The van der Waals surface area contributed by atoms with Crippen LogP contribution in [0.25, 0.3) is 0 Å². The van der Waals surface area contributed by atoms with Crippen LogP contribution in [0.5, 0.6) is 0 Å². The number of halogens is 3. The van der Waals surface area contributed by atoms with Crippen LogP contribution >= 0.6 is 11.3 Å². The molecule has 0 saturated carbocycles. The molecular weight excluding hydrogens is 419 g/mol. The summed E-state index contributed by atoms with van der Waals surface area (Å²) < 4.78 is 76.0. The number of thiophene rings is 1. The fraction of sp³-hybridized carbons (Fsp3) is 0.353. The van der Waals surface area contributed by atoms with Crippen LogP contribution in [-0.2, 0) is 32.3 Å². The van der Waals surface area contributed by atoms with Gasteiger partial charge in [0.1, 0.15) is 16.4 Å². The predicted molar refractivity (Wildman–Crippen MR) is 94.5 cm³/mol. The van der Waals surface area contributed by atoms with Gasteiger partial charge in [-0.05, 0) is 17.5 Å². The van der Waals surface area contributed by atoms with Gasteiger partial charge in [0.2, 0.25) is 10.0 Å². The van der Waals surface area contributed by atoms with Gasteiger partial charge in [0, 0.05) is 18.7 Å². The highest BCUT2D eigenvalue weighted by Crippen LogP contribution is 2.32. The third-order valence-electron chi connectivity index (χ3n) is 4.08. The van der Waals surface area contributed by atoms with E-state index >= 15 is 0 Å². The number of rotatable bonds is 5. The van der Waals surface area contributed by atoms with Crippen molar-refractivity contribution >= 4 is 27.3 Å². The van der Waals surface area contributed by atoms with E-state index in [9.17, 15) is 26.4 Å². The maximum atomic E-state index is 13.0. The molecule has 0 amide bonds. The Bertz CT molecular complexity index is 950. The summed E-state index contributed by atoms with van der Waals surface area (Å²) in [6.07, 6.45) is -4.59. The van der Waals surface area contributed by atoms with Gasteiger partial charge in [-0.1, -0.05) is 18.2 Å². The van der Waals surface area contributed by atoms with Gasteiger partial charge in [-0.2, -0.15) is 17.5 Å². The molecule has 1 aromatic heterocycles. The van der Waals surface area contributed by atoms with Gasteiger partial charge in [-0.3, -0.25) is 0 Å². The van der Waals surface area contributed by atoms with Crippen molar-refractivity contribution in [2.75, 3.05) is 26.3 Å². The first kappa shape index (κ1) is 20.8. The molecule has 11 heteroatoms. The van der Waals surface area contributed by atoms with Gasteiger partial charge in [0.25, 0.3) is 0 Å². The highest BCUT2D eigenvalue weighted by atomic mass is 32.2. The van der Waals surface area contributed by atoms with E-state index < -0.39 is 34.3 Å². The molecule has 152 valence electrons. The Kier molecular flexibility index (Phi) is 6.08. The lowest BCUT2D eigenvalue weighted by Crippen LogP contribution is -2.40. The average Bonchev–Trinajstić information content (AvgIpc) is 3.17. The highest BCUT2D eigenvalue weighted by molar-refractivity contribution is 7.89. The lowest BCUT2D eigenvalue weighted by molar-refractivity contribution is -0.138. The van der Waals surface area contributed by atoms with E-state index in [4.69, 9.17) is 9.47 Å². The Morgan fingerprint density at radius 3 is 2.54 bits per heavy atom. The van der Waals surface area contributed by atoms with E-state index in [0.29, 0.717) is 0 Å². The first-order valence-corrected chi connectivity index (χ1v) is 10.5. The Hall–Kier alpha value is -1.95. The van der Waals surface area contributed by atoms with Crippen molar-refractivity contribution in [2.45, 2.75) is 17.7 Å². The largest absolute Gasteiger partial charge is 0.457 e. The summed E-state index contributed by atoms with van der Waals surface area (Å²) in [6.45, 7) is 0.190. The molecule has 0 spiro atoms. The molecule has 6 nitrogen and oxygen atoms in total. The first-order valence-electron chi connectivity index (χ1n) is 8.19. The van der Waals surface area contributed by atoms with Crippen molar-refractivity contribution in [1.29, 1.82) is 0 Å². The summed E-state index contributed by atoms with van der Waals surface area (Å²) in [5.74, 6) is -0.987. The van der Waals surface area contributed by atoms with Crippen molar-refractivity contribution in [3.8, 4) is 0 Å². The molecule has 1 saturated heterocycles. The standard InChI is InChI=1S/C17H16F3NO5S2/c18-17(19,20)13-4-2-1-3-12(13)11-26-16(22)15-14(5-10-27-15)28(23,24)21-6-8-25-9-7-21/h1-5,10H,6-9,11H2. The van der Waals surface area contributed by atoms with Gasteiger partial charge in [0.15, 0.2) is 0 Å². The minimum atomic E-state index is -4.59. The molecular formula is C17H16F3NO5S2. The summed E-state index contributed by atoms with van der Waals surface area (Å²) in [7, 11) is -3.93. The summed E-state index contributed by atoms with van der Waals surface area (Å²) in [6, 6.07) is 6.02. The minimum Gasteiger partial charge on any atom is -0.457 e. The third kappa shape index (κ3) is 4.37. The second kappa shape index (κ2) is 8.19. The maximum Gasteiger partial charge on any atom is 0.416 e. The SMILES string of the molecule is O=C(OCc1ccccc1C(F)(F)F)c1sccc1S(=O)(=O)N1CCOCC1. The number of esters is 1. The lowest BCUT2D eigenvalue weighted by Gasteiger charge is -2.25. The fourth-order valence-corrected chi connectivity index (χ4v) is 5.40. The zero-order chi connectivity index (χ0) is 20.4. The van der Waals surface area contributed by atoms with Crippen molar-refractivity contribution in [2.24, 2.45) is 0 Å². The predicted octanol–water partition coefficient (Wildman–Crippen LogP) is 3.14. The maximum absolute atomic E-state index is 13.0. The summed E-state index contributed by atoms with van der Waals surface area (Å²) >= 11 is 0.860. The number of carbonyl (C=O) groups excluding carboxylic acids is 1. The molecule has 0 unspecified atom stereocenters. The average molecular weight is 435 g/mol. The van der Waals surface area contributed by atoms with Gasteiger partial charge in [-0.15, -0.1) is 11.3 Å². The smallest absolute Gasteiger partial charge is 0.416 e. The molecule has 2 heterocycles. The van der Waals surface area contributed by atoms with Gasteiger partial charge < -0.3 is 9.47 Å². The van der Waals surface area contributed by atoms with Crippen LogP contribution in [0.15, 0.2) is 40.6 Å². The number of hydrogen-bond donors (Lipinski definition) is 0. The molecule has 1 fully saturated rings. The number of nitrogens with zero attached hydrogens (tertiary/aromatic N) is 1. The topological polar surface area (TPSA) is 72.9 Å². The van der Waals surface area contributed by atoms with Crippen molar-refractivity contribution in [3.63, 3.8) is 0 Å². The molecule has 0 N–H and O–H groups in total. The van der Waals surface area contributed by atoms with Crippen molar-refractivity contribution in [3.05, 3.63) is 51.7 Å². The van der Waals surface area contributed by atoms with Crippen LogP contribution < -0.4 is 0 Å². The van der Waals surface area contributed by atoms with E-state index in [2.05, 4.69) is 0 Å². The van der Waals surface area contributed by atoms with E-state index in [1.807, 2.05) is 0 Å². The Balaban J connectivity index is 1.78. The minimum absolute atomic E-state index is 0.158. The molecule has 0 radical (unpaired) electrons. The third-order valence-corrected chi connectivity index (χ3v) is 7.05. The molecule has 0 atom stereocenters. The van der Waals surface area contributed by atoms with E-state index in [1.54, 1.807) is 0 Å². The van der Waals surface area contributed by atoms with Crippen molar-refractivity contribution < 1.29 is 35.9 Å². The molecule has 28 heavy (non-hydrogen) atoms. The number of alkyl halides is 3. The van der Waals surface area contributed by atoms with E-state index in [-0.39, 0.29) is 41.6 Å². The molecule has 1 aliphatic heterocycles. The second-order valence-electron chi connectivity index (χ2n) is 5.86. The zero-order valence-electron chi connectivity index (χ0n) is 14.4. The number of ether oxygens (including phenoxy) is 2. The number of hydrogen-bond acceptors (Lipinski definition) is 6. The van der Waals surface area contributed by atoms with Crippen molar-refractivity contribution in [1.82, 2.24) is 4.31 Å². The van der Waals surface area contributed by atoms with Crippen LogP contribution in [0.3, 0.4) is 0 Å². The number of benzene rings is 1. The van der Waals surface area contributed by atoms with Crippen LogP contribution in [0, 0.1) is 0 Å². The Morgan fingerprint density at radius 1 is 1.18 bits per heavy atom. The van der Waals surface area contributed by atoms with Crippen LogP contribution in [-0.4, -0.2) is 45.0 Å². The van der Waals surface area contributed by atoms with Crippen LogP contribution in [0.2, 0.25) is 0 Å². The lowest BCUT2D eigenvalue weighted by atomic mass is 10.1. The number of sulfonamides is 1. The second-order valence-corrected chi connectivity index (χ2v) is 8.68. The quantitative estimate of drug-likeness (QED) is 0.675. The molecule has 2 aromatic rings. The Labute approximate surface area is 163 Å². The Morgan fingerprint density at radius 2 is 1.86 bits per heavy atom. The van der Waals surface area contributed by atoms with E-state index in [0.717, 1.165) is 17.4 Å². The molecule has 0 bridgehead atoms. The molecule has 1 aromatic carbocycles. The molecule has 1 aliphatic rings. The van der Waals surface area contributed by atoms with Gasteiger partial charge in [-0.25, -0.2) is 13.2 Å². The number of morpholine rings is 1. The van der Waals surface area contributed by atoms with Crippen LogP contribution in [0.4, 0.5) is 13.2 Å². The number of carbonyl (C=O) groups is 1. The van der Waals surface area contributed by atoms with Gasteiger partial charge in [0.05, 0.1) is 18.8 Å². The summed E-state index contributed by atoms with van der Waals surface area (Å²) in [5.41, 5.74) is -1.12. The highest BCUT2D eigenvalue weighted by Gasteiger charge is 2.34. The molecule has 3 rings (SSSR count). The monoisotopic (exact) mass is 435 g/mol. The fourth-order valence-electron chi connectivity index (χ4n) is 2.71. The summed E-state index contributed by atoms with van der Waals surface area (Å²) in [4.78, 5) is 12.0. The zero-order valence-corrected chi connectivity index (χ0v) is 16.1. The van der Waals surface area contributed by atoms with Crippen LogP contribution in [0.1, 0.15) is 20.8 Å². The summed E-state index contributed by atoms with van der Waals surface area (Å²) in [5, 5.41) is 1.42. The molecule has 0 aliphatic carbocycles. The van der Waals surface area contributed by atoms with E-state index in [1.165, 1.54) is 34.0 Å². The first-order chi connectivity index (χ1) is 13.2. The van der Waals surface area contributed by atoms with Gasteiger partial charge >= 0.3 is 12.1 Å².